The van der Waals surface area contributed by atoms with Crippen LogP contribution in [0, 0.1) is 22.7 Å². The van der Waals surface area contributed by atoms with Gasteiger partial charge in [-0.2, -0.15) is 10.5 Å². The standard InChI is InChI=1S/C18H15N3OS/c1-23-18(15(11-19)12-20)21-16-7-9-17(10-8-16)22-13-14-5-3-2-4-6-14/h2-10,21H,13H2,1H3. The zero-order chi connectivity index (χ0) is 16.5. The van der Waals surface area contributed by atoms with Crippen LogP contribution in [0.4, 0.5) is 5.69 Å². The van der Waals surface area contributed by atoms with E-state index >= 15 is 0 Å². The van der Waals surface area contributed by atoms with Gasteiger partial charge in [-0.3, -0.25) is 0 Å². The Morgan fingerprint density at radius 1 is 1.04 bits per heavy atom. The molecule has 23 heavy (non-hydrogen) atoms. The second kappa shape index (κ2) is 8.53. The number of ether oxygens (including phenoxy) is 1. The summed E-state index contributed by atoms with van der Waals surface area (Å²) in [5.74, 6) is 0.759. The van der Waals surface area contributed by atoms with E-state index in [1.807, 2.05) is 73.0 Å². The first-order chi connectivity index (χ1) is 11.3. The Balaban J connectivity index is 2.01. The molecular formula is C18H15N3OS. The van der Waals surface area contributed by atoms with Crippen molar-refractivity contribution in [1.29, 1.82) is 10.5 Å². The molecule has 2 aromatic rings. The van der Waals surface area contributed by atoms with Crippen LogP contribution in [0.1, 0.15) is 5.56 Å². The molecule has 0 bridgehead atoms. The van der Waals surface area contributed by atoms with E-state index in [-0.39, 0.29) is 5.57 Å². The fourth-order valence-corrected chi connectivity index (χ4v) is 2.36. The van der Waals surface area contributed by atoms with Gasteiger partial charge in [0.25, 0.3) is 0 Å². The van der Waals surface area contributed by atoms with Gasteiger partial charge in [-0.1, -0.05) is 30.3 Å². The Labute approximate surface area is 140 Å². The monoisotopic (exact) mass is 321 g/mol. The SMILES string of the molecule is CSC(Nc1ccc(OCc2ccccc2)cc1)=C(C#N)C#N. The Bertz CT molecular complexity index is 740. The highest BCUT2D eigenvalue weighted by molar-refractivity contribution is 8.02. The zero-order valence-electron chi connectivity index (χ0n) is 12.6. The molecule has 0 fully saturated rings. The number of thioether (sulfide) groups is 1. The van der Waals surface area contributed by atoms with Crippen LogP contribution >= 0.6 is 11.8 Å². The summed E-state index contributed by atoms with van der Waals surface area (Å²) in [6, 6.07) is 21.1. The third-order valence-corrected chi connectivity index (χ3v) is 3.73. The summed E-state index contributed by atoms with van der Waals surface area (Å²) >= 11 is 1.33. The first-order valence-corrected chi connectivity index (χ1v) is 8.11. The second-order valence-electron chi connectivity index (χ2n) is 4.56. The van der Waals surface area contributed by atoms with Crippen LogP contribution in [0.15, 0.2) is 65.2 Å². The lowest BCUT2D eigenvalue weighted by molar-refractivity contribution is 0.306. The van der Waals surface area contributed by atoms with Gasteiger partial charge < -0.3 is 10.1 Å². The summed E-state index contributed by atoms with van der Waals surface area (Å²) in [5, 5.41) is 21.5. The molecule has 2 aromatic carbocycles. The number of nitriles is 2. The van der Waals surface area contributed by atoms with E-state index in [2.05, 4.69) is 5.32 Å². The molecule has 0 atom stereocenters. The molecule has 0 aliphatic rings. The minimum atomic E-state index is 0.0712. The molecule has 0 aliphatic carbocycles. The number of hydrogen-bond donors (Lipinski definition) is 1. The fourth-order valence-electron chi connectivity index (χ4n) is 1.85. The van der Waals surface area contributed by atoms with Crippen molar-refractivity contribution in [2.75, 3.05) is 11.6 Å². The van der Waals surface area contributed by atoms with Gasteiger partial charge in [0.05, 0.1) is 0 Å². The van der Waals surface area contributed by atoms with Gasteiger partial charge in [-0.05, 0) is 36.1 Å². The normalized spacial score (nSPS) is 9.35. The number of rotatable bonds is 6. The maximum Gasteiger partial charge on any atom is 0.159 e. The number of nitrogens with zero attached hydrogens (tertiary/aromatic N) is 2. The van der Waals surface area contributed by atoms with E-state index in [9.17, 15) is 0 Å². The molecule has 0 amide bonds. The highest BCUT2D eigenvalue weighted by atomic mass is 32.2. The van der Waals surface area contributed by atoms with E-state index in [1.54, 1.807) is 0 Å². The molecule has 0 aliphatic heterocycles. The van der Waals surface area contributed by atoms with Gasteiger partial charge in [0.1, 0.15) is 29.5 Å². The number of anilines is 1. The maximum absolute atomic E-state index is 8.92. The fraction of sp³-hybridized carbons (Fsp3) is 0.111. The van der Waals surface area contributed by atoms with E-state index < -0.39 is 0 Å². The third-order valence-electron chi connectivity index (χ3n) is 3.02. The quantitative estimate of drug-likeness (QED) is 0.803. The molecule has 0 saturated carbocycles. The predicted molar refractivity (Wildman–Crippen MR) is 92.6 cm³/mol. The first-order valence-electron chi connectivity index (χ1n) is 6.89. The molecule has 114 valence electrons. The largest absolute Gasteiger partial charge is 0.489 e. The van der Waals surface area contributed by atoms with Gasteiger partial charge in [-0.25, -0.2) is 0 Å². The molecule has 5 heteroatoms. The average molecular weight is 321 g/mol. The minimum absolute atomic E-state index is 0.0712. The summed E-state index contributed by atoms with van der Waals surface area (Å²) in [4.78, 5) is 0. The van der Waals surface area contributed by atoms with E-state index in [1.165, 1.54) is 11.8 Å². The summed E-state index contributed by atoms with van der Waals surface area (Å²) in [6.07, 6.45) is 1.81. The van der Waals surface area contributed by atoms with Crippen molar-refractivity contribution in [2.45, 2.75) is 6.61 Å². The average Bonchev–Trinajstić information content (AvgIpc) is 2.62. The lowest BCUT2D eigenvalue weighted by Gasteiger charge is -2.10. The molecule has 1 N–H and O–H groups in total. The molecule has 0 unspecified atom stereocenters. The number of allylic oxidation sites excluding steroid dienone is 1. The van der Waals surface area contributed by atoms with Crippen LogP contribution in [-0.2, 0) is 6.61 Å². The maximum atomic E-state index is 8.92. The lowest BCUT2D eigenvalue weighted by Crippen LogP contribution is -1.99. The smallest absolute Gasteiger partial charge is 0.159 e. The molecule has 0 aromatic heterocycles. The topological polar surface area (TPSA) is 68.8 Å². The molecule has 0 radical (unpaired) electrons. The van der Waals surface area contributed by atoms with Crippen LogP contribution in [0.3, 0.4) is 0 Å². The van der Waals surface area contributed by atoms with Crippen LogP contribution in [0.5, 0.6) is 5.75 Å². The van der Waals surface area contributed by atoms with Crippen LogP contribution in [0.2, 0.25) is 0 Å². The molecule has 2 rings (SSSR count). The van der Waals surface area contributed by atoms with Gasteiger partial charge in [0.15, 0.2) is 5.57 Å². The molecule has 0 spiro atoms. The van der Waals surface area contributed by atoms with Gasteiger partial charge in [0, 0.05) is 5.69 Å². The summed E-state index contributed by atoms with van der Waals surface area (Å²) < 4.78 is 5.72. The Hall–Kier alpha value is -2.89. The van der Waals surface area contributed by atoms with Crippen molar-refractivity contribution in [2.24, 2.45) is 0 Å². The van der Waals surface area contributed by atoms with E-state index in [0.29, 0.717) is 11.6 Å². The van der Waals surface area contributed by atoms with Gasteiger partial charge >= 0.3 is 0 Å². The minimum Gasteiger partial charge on any atom is -0.489 e. The molecule has 0 saturated heterocycles. The van der Waals surface area contributed by atoms with E-state index in [4.69, 9.17) is 15.3 Å². The second-order valence-corrected chi connectivity index (χ2v) is 5.37. The molecular weight excluding hydrogens is 306 g/mol. The number of benzene rings is 2. The Morgan fingerprint density at radius 3 is 2.26 bits per heavy atom. The highest BCUT2D eigenvalue weighted by Gasteiger charge is 2.05. The predicted octanol–water partition coefficient (Wildman–Crippen LogP) is 4.30. The third kappa shape index (κ3) is 4.81. The van der Waals surface area contributed by atoms with Gasteiger partial charge in [0.2, 0.25) is 0 Å². The molecule has 0 heterocycles. The first kappa shape index (κ1) is 16.5. The van der Waals surface area contributed by atoms with Crippen molar-refractivity contribution in [3.63, 3.8) is 0 Å². The van der Waals surface area contributed by atoms with Crippen molar-refractivity contribution in [3.05, 3.63) is 70.8 Å². The van der Waals surface area contributed by atoms with Crippen molar-refractivity contribution >= 4 is 17.4 Å². The highest BCUT2D eigenvalue weighted by Crippen LogP contribution is 2.23. The van der Waals surface area contributed by atoms with Gasteiger partial charge in [-0.15, -0.1) is 11.8 Å². The van der Waals surface area contributed by atoms with Crippen LogP contribution in [-0.4, -0.2) is 6.26 Å². The van der Waals surface area contributed by atoms with Crippen molar-refractivity contribution in [3.8, 4) is 17.9 Å². The Kier molecular flexibility index (Phi) is 6.11. The summed E-state index contributed by atoms with van der Waals surface area (Å²) in [7, 11) is 0. The lowest BCUT2D eigenvalue weighted by atomic mass is 10.2. The number of nitrogens with one attached hydrogen (secondary N) is 1. The summed E-state index contributed by atoms with van der Waals surface area (Å²) in [5.41, 5.74) is 1.97. The Morgan fingerprint density at radius 2 is 1.70 bits per heavy atom. The van der Waals surface area contributed by atoms with Crippen molar-refractivity contribution in [1.82, 2.24) is 0 Å². The number of hydrogen-bond acceptors (Lipinski definition) is 5. The van der Waals surface area contributed by atoms with Crippen molar-refractivity contribution < 1.29 is 4.74 Å². The zero-order valence-corrected chi connectivity index (χ0v) is 13.4. The van der Waals surface area contributed by atoms with E-state index in [0.717, 1.165) is 17.0 Å². The molecule has 4 nitrogen and oxygen atoms in total. The van der Waals surface area contributed by atoms with Crippen LogP contribution in [0.25, 0.3) is 0 Å². The summed E-state index contributed by atoms with van der Waals surface area (Å²) in [6.45, 7) is 0.511. The van der Waals surface area contributed by atoms with Crippen LogP contribution < -0.4 is 10.1 Å².